The Kier molecular flexibility index (Phi) is 6.72. The van der Waals surface area contributed by atoms with Crippen LogP contribution in [0.15, 0.2) is 48.0 Å². The zero-order valence-corrected chi connectivity index (χ0v) is 27.0. The fraction of sp³-hybridized carbons (Fsp3) is 0.605. The number of carbonyl (C=O) groups is 1. The lowest BCUT2D eigenvalue weighted by Gasteiger charge is -2.70. The number of ether oxygens (including phenoxy) is 2. The van der Waals surface area contributed by atoms with Crippen LogP contribution < -0.4 is 4.74 Å². The Morgan fingerprint density at radius 2 is 1.67 bits per heavy atom. The highest BCUT2D eigenvalue weighted by Gasteiger charge is 2.67. The molecule has 3 saturated carbocycles. The second-order valence-electron chi connectivity index (χ2n) is 15.5. The van der Waals surface area contributed by atoms with Crippen molar-refractivity contribution in [1.29, 1.82) is 0 Å². The maximum absolute atomic E-state index is 13.0. The monoisotopic (exact) mass is 570 g/mol. The van der Waals surface area contributed by atoms with Crippen LogP contribution >= 0.6 is 0 Å². The molecule has 0 spiro atoms. The summed E-state index contributed by atoms with van der Waals surface area (Å²) in [4.78, 5) is 13.0. The third-order valence-corrected chi connectivity index (χ3v) is 13.2. The molecule has 4 nitrogen and oxygen atoms in total. The van der Waals surface area contributed by atoms with Gasteiger partial charge in [-0.05, 0) is 115 Å². The van der Waals surface area contributed by atoms with Crippen molar-refractivity contribution >= 4 is 5.97 Å². The molecule has 0 heterocycles. The summed E-state index contributed by atoms with van der Waals surface area (Å²) in [5, 5.41) is 11.4. The van der Waals surface area contributed by atoms with Gasteiger partial charge in [0.1, 0.15) is 6.61 Å². The Labute approximate surface area is 252 Å². The van der Waals surface area contributed by atoms with Crippen LogP contribution in [0.5, 0.6) is 11.5 Å². The molecule has 0 saturated heterocycles. The smallest absolute Gasteiger partial charge is 0.311 e. The topological polar surface area (TPSA) is 55.8 Å². The van der Waals surface area contributed by atoms with Gasteiger partial charge in [-0.25, -0.2) is 0 Å². The summed E-state index contributed by atoms with van der Waals surface area (Å²) >= 11 is 0. The van der Waals surface area contributed by atoms with E-state index < -0.39 is 5.41 Å². The van der Waals surface area contributed by atoms with Gasteiger partial charge in [-0.1, -0.05) is 76.6 Å². The lowest BCUT2D eigenvalue weighted by atomic mass is 9.34. The zero-order chi connectivity index (χ0) is 30.3. The van der Waals surface area contributed by atoms with Crippen LogP contribution in [0, 0.1) is 34.5 Å². The van der Waals surface area contributed by atoms with Gasteiger partial charge in [-0.3, -0.25) is 4.79 Å². The number of aromatic hydroxyl groups is 1. The van der Waals surface area contributed by atoms with E-state index in [1.165, 1.54) is 17.5 Å². The van der Waals surface area contributed by atoms with Crippen molar-refractivity contribution in [3.05, 3.63) is 70.3 Å². The number of fused-ring (bicyclic) bond motifs is 7. The predicted molar refractivity (Wildman–Crippen MR) is 168 cm³/mol. The molecule has 2 unspecified atom stereocenters. The van der Waals surface area contributed by atoms with Crippen molar-refractivity contribution in [2.45, 2.75) is 111 Å². The van der Waals surface area contributed by atoms with Crippen LogP contribution in [-0.4, -0.2) is 18.2 Å². The van der Waals surface area contributed by atoms with Crippen molar-refractivity contribution in [1.82, 2.24) is 0 Å². The molecular weight excluding hydrogens is 520 g/mol. The first kappa shape index (κ1) is 29.3. The Balaban J connectivity index is 1.40. The van der Waals surface area contributed by atoms with Gasteiger partial charge in [0.2, 0.25) is 0 Å². The van der Waals surface area contributed by atoms with Gasteiger partial charge in [0.25, 0.3) is 0 Å². The van der Waals surface area contributed by atoms with Crippen molar-refractivity contribution < 1.29 is 19.4 Å². The van der Waals surface area contributed by atoms with E-state index in [0.717, 1.165) is 49.7 Å². The van der Waals surface area contributed by atoms with Crippen LogP contribution in [0.3, 0.4) is 0 Å². The summed E-state index contributed by atoms with van der Waals surface area (Å²) in [6.45, 7) is 17.0. The number of hydrogen-bond acceptors (Lipinski definition) is 4. The number of phenols is 1. The quantitative estimate of drug-likeness (QED) is 0.294. The van der Waals surface area contributed by atoms with Crippen LogP contribution in [-0.2, 0) is 21.6 Å². The fourth-order valence-electron chi connectivity index (χ4n) is 10.3. The Hall–Kier alpha value is -2.75. The molecule has 3 fully saturated rings. The van der Waals surface area contributed by atoms with Crippen LogP contribution in [0.25, 0.3) is 0 Å². The largest absolute Gasteiger partial charge is 0.504 e. The first-order chi connectivity index (χ1) is 19.7. The minimum absolute atomic E-state index is 0.0104. The summed E-state index contributed by atoms with van der Waals surface area (Å²) in [7, 11) is 1.54. The van der Waals surface area contributed by atoms with Gasteiger partial charge in [0.05, 0.1) is 12.5 Å². The van der Waals surface area contributed by atoms with Gasteiger partial charge in [0.15, 0.2) is 11.5 Å². The summed E-state index contributed by atoms with van der Waals surface area (Å²) < 4.78 is 11.6. The molecule has 7 atom stereocenters. The summed E-state index contributed by atoms with van der Waals surface area (Å²) in [6, 6.07) is 12.2. The molecule has 0 bridgehead atoms. The average molecular weight is 571 g/mol. The van der Waals surface area contributed by atoms with Gasteiger partial charge >= 0.3 is 5.97 Å². The number of methoxy groups -OCH3 is 1. The van der Waals surface area contributed by atoms with Crippen molar-refractivity contribution in [3.8, 4) is 11.5 Å². The average Bonchev–Trinajstić information content (AvgIpc) is 2.96. The van der Waals surface area contributed by atoms with E-state index in [-0.39, 0.29) is 39.3 Å². The van der Waals surface area contributed by atoms with E-state index in [1.54, 1.807) is 12.7 Å². The SMILES string of the molecule is COC(=O)[C@]1(C)CC[C@]2(C)CC[C@]3(C)C4=CC(C)c5c(cc(O)c(OCc6ccccc6)c5C)[C@]4(C)CCC3(C)[C@@H]2C1. The van der Waals surface area contributed by atoms with E-state index in [1.807, 2.05) is 24.3 Å². The molecule has 2 aromatic rings. The second kappa shape index (κ2) is 9.63. The second-order valence-corrected chi connectivity index (χ2v) is 15.5. The zero-order valence-electron chi connectivity index (χ0n) is 27.0. The molecule has 42 heavy (non-hydrogen) atoms. The van der Waals surface area contributed by atoms with Gasteiger partial charge in [0, 0.05) is 5.41 Å². The van der Waals surface area contributed by atoms with E-state index in [9.17, 15) is 9.90 Å². The van der Waals surface area contributed by atoms with Gasteiger partial charge in [-0.2, -0.15) is 0 Å². The number of benzene rings is 2. The molecule has 0 aliphatic heterocycles. The first-order valence-corrected chi connectivity index (χ1v) is 16.1. The van der Waals surface area contributed by atoms with E-state index in [2.05, 4.69) is 66.7 Å². The van der Waals surface area contributed by atoms with Gasteiger partial charge in [-0.15, -0.1) is 0 Å². The molecule has 4 aliphatic carbocycles. The Morgan fingerprint density at radius 1 is 0.976 bits per heavy atom. The van der Waals surface area contributed by atoms with E-state index in [0.29, 0.717) is 18.3 Å². The first-order valence-electron chi connectivity index (χ1n) is 16.1. The van der Waals surface area contributed by atoms with Crippen LogP contribution in [0.2, 0.25) is 0 Å². The third-order valence-electron chi connectivity index (χ3n) is 13.2. The molecule has 1 N–H and O–H groups in total. The molecule has 0 aromatic heterocycles. The number of phenolic OH excluding ortho intramolecular Hbond substituents is 1. The highest BCUT2D eigenvalue weighted by Crippen LogP contribution is 2.75. The van der Waals surface area contributed by atoms with Gasteiger partial charge < -0.3 is 14.6 Å². The molecule has 4 aliphatic rings. The van der Waals surface area contributed by atoms with Crippen molar-refractivity contribution in [3.63, 3.8) is 0 Å². The lowest BCUT2D eigenvalue weighted by molar-refractivity contribution is -0.179. The lowest BCUT2D eigenvalue weighted by Crippen LogP contribution is -2.62. The minimum atomic E-state index is -0.416. The minimum Gasteiger partial charge on any atom is -0.504 e. The summed E-state index contributed by atoms with van der Waals surface area (Å²) in [6.07, 6.45) is 9.98. The molecular formula is C38H50O4. The van der Waals surface area contributed by atoms with Crippen molar-refractivity contribution in [2.75, 3.05) is 7.11 Å². The molecule has 4 heteroatoms. The van der Waals surface area contributed by atoms with E-state index in [4.69, 9.17) is 9.47 Å². The number of carbonyl (C=O) groups excluding carboxylic acids is 1. The number of rotatable bonds is 4. The van der Waals surface area contributed by atoms with E-state index >= 15 is 0 Å². The molecule has 0 radical (unpaired) electrons. The molecule has 226 valence electrons. The van der Waals surface area contributed by atoms with Crippen LogP contribution in [0.1, 0.15) is 115 Å². The van der Waals surface area contributed by atoms with Crippen LogP contribution in [0.4, 0.5) is 0 Å². The number of allylic oxidation sites excluding steroid dienone is 2. The Bertz CT molecular complexity index is 1440. The molecule has 6 rings (SSSR count). The Morgan fingerprint density at radius 3 is 2.36 bits per heavy atom. The van der Waals surface area contributed by atoms with Crippen molar-refractivity contribution in [2.24, 2.45) is 27.6 Å². The highest BCUT2D eigenvalue weighted by molar-refractivity contribution is 5.76. The predicted octanol–water partition coefficient (Wildman–Crippen LogP) is 9.17. The highest BCUT2D eigenvalue weighted by atomic mass is 16.5. The molecule has 0 amide bonds. The number of hydrogen-bond donors (Lipinski definition) is 1. The fourth-order valence-corrected chi connectivity index (χ4v) is 10.3. The number of esters is 1. The third kappa shape index (κ3) is 3.95. The normalized spacial score (nSPS) is 38.7. The standard InChI is InChI=1S/C38H50O4/c1-24-20-29-36(5,27-21-28(39)32(25(2)31(24)27)42-23-26-12-10-9-11-13-26)17-19-38(7)30-22-35(4,33(40)41-8)15-14-34(30,3)16-18-37(29,38)6/h9-13,20-21,24,30,39H,14-19,22-23H2,1-8H3/t24?,30-,34-,35-,36+,37-,38?/m1/s1. The maximum atomic E-state index is 13.0. The maximum Gasteiger partial charge on any atom is 0.311 e. The molecule has 2 aromatic carbocycles. The summed E-state index contributed by atoms with van der Waals surface area (Å²) in [5.74, 6) is 1.48. The summed E-state index contributed by atoms with van der Waals surface area (Å²) in [5.41, 5.74) is 6.05.